The average Bonchev–Trinajstić information content (AvgIpc) is 2.47. The molecule has 0 saturated heterocycles. The number of anilines is 1. The minimum Gasteiger partial charge on any atom is -0.395 e. The molecule has 0 spiro atoms. The van der Waals surface area contributed by atoms with Crippen molar-refractivity contribution < 1.29 is 9.90 Å². The number of carbonyl (C=O) groups excluding carboxylic acids is 1. The summed E-state index contributed by atoms with van der Waals surface area (Å²) in [6, 6.07) is 3.78. The van der Waals surface area contributed by atoms with Gasteiger partial charge in [-0.2, -0.15) is 0 Å². The molecule has 0 bridgehead atoms. The van der Waals surface area contributed by atoms with Gasteiger partial charge in [-0.05, 0) is 25.0 Å². The molecule has 0 radical (unpaired) electrons. The zero-order valence-electron chi connectivity index (χ0n) is 12.7. The molecule has 6 nitrogen and oxygen atoms in total. The zero-order valence-corrected chi connectivity index (χ0v) is 12.7. The number of carbonyl (C=O) groups is 1. The van der Waals surface area contributed by atoms with Crippen LogP contribution in [0.4, 0.5) is 5.82 Å². The van der Waals surface area contributed by atoms with Crippen LogP contribution in [0.5, 0.6) is 0 Å². The highest BCUT2D eigenvalue weighted by Crippen LogP contribution is 2.17. The molecule has 0 aromatic carbocycles. The fourth-order valence-electron chi connectivity index (χ4n) is 2.14. The molecule has 0 aliphatic carbocycles. The van der Waals surface area contributed by atoms with Crippen LogP contribution in [0.2, 0.25) is 0 Å². The first-order chi connectivity index (χ1) is 9.54. The highest BCUT2D eigenvalue weighted by molar-refractivity contribution is 5.91. The van der Waals surface area contributed by atoms with Crippen LogP contribution in [-0.4, -0.2) is 59.4 Å². The summed E-state index contributed by atoms with van der Waals surface area (Å²) in [5, 5.41) is 17.3. The first-order valence-electron chi connectivity index (χ1n) is 6.98. The van der Waals surface area contributed by atoms with E-state index in [0.29, 0.717) is 24.1 Å². The van der Waals surface area contributed by atoms with E-state index in [9.17, 15) is 9.90 Å². The van der Waals surface area contributed by atoms with E-state index in [0.717, 1.165) is 12.8 Å². The first kappa shape index (κ1) is 16.4. The molecule has 6 heteroatoms. The van der Waals surface area contributed by atoms with Crippen molar-refractivity contribution in [2.45, 2.75) is 32.7 Å². The van der Waals surface area contributed by atoms with Crippen LogP contribution in [0.3, 0.4) is 0 Å². The van der Waals surface area contributed by atoms with Crippen molar-refractivity contribution in [2.24, 2.45) is 0 Å². The Morgan fingerprint density at radius 3 is 2.30 bits per heavy atom. The molecule has 0 aliphatic heterocycles. The predicted octanol–water partition coefficient (Wildman–Crippen LogP) is 1.17. The number of aromatic nitrogens is 2. The van der Waals surface area contributed by atoms with Crippen LogP contribution in [0, 0.1) is 0 Å². The molecule has 1 amide bonds. The van der Waals surface area contributed by atoms with Gasteiger partial charge in [0.15, 0.2) is 11.5 Å². The molecular weight excluding hydrogens is 256 g/mol. The van der Waals surface area contributed by atoms with Crippen LogP contribution in [0.25, 0.3) is 0 Å². The SMILES string of the molecule is CCC(CC)N(CCO)c1ccc(C(=O)N(C)C)nn1. The molecule has 1 heterocycles. The van der Waals surface area contributed by atoms with Crippen molar-refractivity contribution in [1.82, 2.24) is 15.1 Å². The minimum absolute atomic E-state index is 0.0660. The third-order valence-electron chi connectivity index (χ3n) is 3.29. The molecule has 1 aromatic rings. The highest BCUT2D eigenvalue weighted by Gasteiger charge is 2.18. The summed E-state index contributed by atoms with van der Waals surface area (Å²) in [5.74, 6) is 0.531. The van der Waals surface area contributed by atoms with E-state index >= 15 is 0 Å². The fourth-order valence-corrected chi connectivity index (χ4v) is 2.14. The van der Waals surface area contributed by atoms with Crippen LogP contribution < -0.4 is 4.90 Å². The molecule has 112 valence electrons. The lowest BCUT2D eigenvalue weighted by atomic mass is 10.1. The summed E-state index contributed by atoms with van der Waals surface area (Å²) in [5.41, 5.74) is 0.326. The second-order valence-corrected chi connectivity index (χ2v) is 4.86. The van der Waals surface area contributed by atoms with E-state index in [4.69, 9.17) is 0 Å². The average molecular weight is 280 g/mol. The molecule has 0 atom stereocenters. The van der Waals surface area contributed by atoms with Gasteiger partial charge >= 0.3 is 0 Å². The van der Waals surface area contributed by atoms with E-state index in [1.807, 2.05) is 4.90 Å². The topological polar surface area (TPSA) is 69.6 Å². The van der Waals surface area contributed by atoms with Gasteiger partial charge in [0.2, 0.25) is 0 Å². The Hall–Kier alpha value is -1.69. The highest BCUT2D eigenvalue weighted by atomic mass is 16.3. The van der Waals surface area contributed by atoms with Crippen molar-refractivity contribution in [2.75, 3.05) is 32.1 Å². The molecule has 0 unspecified atom stereocenters. The molecule has 1 aromatic heterocycles. The number of rotatable bonds is 7. The van der Waals surface area contributed by atoms with Gasteiger partial charge in [-0.3, -0.25) is 4.79 Å². The summed E-state index contributed by atoms with van der Waals surface area (Å²) >= 11 is 0. The lowest BCUT2D eigenvalue weighted by Crippen LogP contribution is -2.37. The standard InChI is InChI=1S/C14H24N4O2/c1-5-11(6-2)18(9-10-19)13-8-7-12(15-16-13)14(20)17(3)4/h7-8,11,19H,5-6,9-10H2,1-4H3. The Balaban J connectivity index is 2.96. The second kappa shape index (κ2) is 7.79. The van der Waals surface area contributed by atoms with Crippen LogP contribution >= 0.6 is 0 Å². The Bertz CT molecular complexity index is 416. The van der Waals surface area contributed by atoms with Crippen LogP contribution in [0.1, 0.15) is 37.2 Å². The molecular formula is C14H24N4O2. The predicted molar refractivity (Wildman–Crippen MR) is 78.9 cm³/mol. The Morgan fingerprint density at radius 2 is 1.90 bits per heavy atom. The molecule has 0 fully saturated rings. The quantitative estimate of drug-likeness (QED) is 0.812. The molecule has 1 rings (SSSR count). The molecule has 20 heavy (non-hydrogen) atoms. The summed E-state index contributed by atoms with van der Waals surface area (Å²) in [7, 11) is 3.36. The maximum Gasteiger partial charge on any atom is 0.273 e. The van der Waals surface area contributed by atoms with Crippen molar-refractivity contribution in [3.05, 3.63) is 17.8 Å². The molecule has 0 saturated carbocycles. The molecule has 0 aliphatic rings. The lowest BCUT2D eigenvalue weighted by molar-refractivity contribution is 0.0821. The number of nitrogens with zero attached hydrogens (tertiary/aromatic N) is 4. The minimum atomic E-state index is -0.166. The number of aliphatic hydroxyl groups excluding tert-OH is 1. The fraction of sp³-hybridized carbons (Fsp3) is 0.643. The van der Waals surface area contributed by atoms with Gasteiger partial charge in [-0.25, -0.2) is 0 Å². The van der Waals surface area contributed by atoms with Gasteiger partial charge in [-0.1, -0.05) is 13.8 Å². The largest absolute Gasteiger partial charge is 0.395 e. The Labute approximate surface area is 120 Å². The van der Waals surface area contributed by atoms with E-state index in [-0.39, 0.29) is 12.5 Å². The van der Waals surface area contributed by atoms with Gasteiger partial charge in [-0.15, -0.1) is 10.2 Å². The van der Waals surface area contributed by atoms with E-state index in [2.05, 4.69) is 24.0 Å². The third-order valence-corrected chi connectivity index (χ3v) is 3.29. The van der Waals surface area contributed by atoms with Crippen molar-refractivity contribution in [1.29, 1.82) is 0 Å². The van der Waals surface area contributed by atoms with Gasteiger partial charge in [0.25, 0.3) is 5.91 Å². The first-order valence-corrected chi connectivity index (χ1v) is 6.98. The number of aliphatic hydroxyl groups is 1. The number of hydrogen-bond donors (Lipinski definition) is 1. The summed E-state index contributed by atoms with van der Waals surface area (Å²) < 4.78 is 0. The van der Waals surface area contributed by atoms with Crippen LogP contribution in [0.15, 0.2) is 12.1 Å². The van der Waals surface area contributed by atoms with Gasteiger partial charge < -0.3 is 14.9 Å². The van der Waals surface area contributed by atoms with E-state index in [1.54, 1.807) is 26.2 Å². The van der Waals surface area contributed by atoms with E-state index < -0.39 is 0 Å². The smallest absolute Gasteiger partial charge is 0.273 e. The zero-order chi connectivity index (χ0) is 15.1. The Morgan fingerprint density at radius 1 is 1.25 bits per heavy atom. The van der Waals surface area contributed by atoms with Gasteiger partial charge in [0.1, 0.15) is 0 Å². The Kier molecular flexibility index (Phi) is 6.38. The van der Waals surface area contributed by atoms with Crippen molar-refractivity contribution in [3.63, 3.8) is 0 Å². The van der Waals surface area contributed by atoms with E-state index in [1.165, 1.54) is 4.90 Å². The van der Waals surface area contributed by atoms with Crippen LogP contribution in [-0.2, 0) is 0 Å². The molecule has 1 N–H and O–H groups in total. The summed E-state index contributed by atoms with van der Waals surface area (Å²) in [6.07, 6.45) is 1.94. The van der Waals surface area contributed by atoms with Crippen molar-refractivity contribution in [3.8, 4) is 0 Å². The third kappa shape index (κ3) is 3.90. The van der Waals surface area contributed by atoms with Gasteiger partial charge in [0, 0.05) is 26.7 Å². The lowest BCUT2D eigenvalue weighted by Gasteiger charge is -2.30. The summed E-state index contributed by atoms with van der Waals surface area (Å²) in [4.78, 5) is 15.3. The summed E-state index contributed by atoms with van der Waals surface area (Å²) in [6.45, 7) is 4.80. The normalized spacial score (nSPS) is 10.7. The monoisotopic (exact) mass is 280 g/mol. The number of hydrogen-bond acceptors (Lipinski definition) is 5. The van der Waals surface area contributed by atoms with Gasteiger partial charge in [0.05, 0.1) is 6.61 Å². The number of amides is 1. The second-order valence-electron chi connectivity index (χ2n) is 4.86. The van der Waals surface area contributed by atoms with Crippen molar-refractivity contribution >= 4 is 11.7 Å². The maximum absolute atomic E-state index is 11.8. The maximum atomic E-state index is 11.8.